The van der Waals surface area contributed by atoms with E-state index in [9.17, 15) is 0 Å². The second-order valence-corrected chi connectivity index (χ2v) is 6.61. The molecule has 2 N–H and O–H groups in total. The van der Waals surface area contributed by atoms with Crippen molar-refractivity contribution in [3.8, 4) is 11.5 Å². The molecule has 136 valence electrons. The molecule has 0 aliphatic carbocycles. The number of hydrogen-bond donors (Lipinski definition) is 2. The van der Waals surface area contributed by atoms with Gasteiger partial charge in [-0.05, 0) is 57.5 Å². The molecule has 0 saturated carbocycles. The fourth-order valence-electron chi connectivity index (χ4n) is 2.44. The van der Waals surface area contributed by atoms with E-state index < -0.39 is 0 Å². The Labute approximate surface area is 151 Å². The first-order valence-electron chi connectivity index (χ1n) is 9.00. The third-order valence-corrected chi connectivity index (χ3v) is 3.46. The molecule has 0 aliphatic rings. The molecule has 0 saturated heterocycles. The Balaban J connectivity index is 1.68. The summed E-state index contributed by atoms with van der Waals surface area (Å²) in [5, 5.41) is 6.86. The third-order valence-electron chi connectivity index (χ3n) is 3.46. The molecule has 0 spiro atoms. The quantitative estimate of drug-likeness (QED) is 0.626. The molecule has 25 heavy (non-hydrogen) atoms. The summed E-state index contributed by atoms with van der Waals surface area (Å²) in [7, 11) is 0. The van der Waals surface area contributed by atoms with Gasteiger partial charge in [-0.15, -0.1) is 0 Å². The van der Waals surface area contributed by atoms with Gasteiger partial charge in [0.25, 0.3) is 0 Å². The maximum absolute atomic E-state index is 5.71. The highest BCUT2D eigenvalue weighted by atomic mass is 16.5. The van der Waals surface area contributed by atoms with Crippen molar-refractivity contribution in [2.24, 2.45) is 0 Å². The summed E-state index contributed by atoms with van der Waals surface area (Å²) in [4.78, 5) is 0. The van der Waals surface area contributed by atoms with E-state index in [0.717, 1.165) is 36.8 Å². The van der Waals surface area contributed by atoms with Crippen molar-refractivity contribution >= 4 is 5.69 Å². The minimum absolute atomic E-state index is 0.189. The molecule has 4 heteroatoms. The van der Waals surface area contributed by atoms with Gasteiger partial charge in [-0.3, -0.25) is 0 Å². The van der Waals surface area contributed by atoms with Crippen molar-refractivity contribution < 1.29 is 9.47 Å². The highest BCUT2D eigenvalue weighted by Crippen LogP contribution is 2.18. The summed E-state index contributed by atoms with van der Waals surface area (Å²) in [6.07, 6.45) is 0.397. The first kappa shape index (κ1) is 19.1. The summed E-state index contributed by atoms with van der Waals surface area (Å²) >= 11 is 0. The number of ether oxygens (including phenoxy) is 2. The maximum atomic E-state index is 5.71. The van der Waals surface area contributed by atoms with Crippen LogP contribution in [0, 0.1) is 0 Å². The molecular weight excluding hydrogens is 312 g/mol. The predicted octanol–water partition coefficient (Wildman–Crippen LogP) is 4.46. The topological polar surface area (TPSA) is 42.5 Å². The molecule has 2 aromatic carbocycles. The van der Waals surface area contributed by atoms with Crippen LogP contribution in [-0.2, 0) is 6.54 Å². The molecule has 0 bridgehead atoms. The molecule has 2 rings (SSSR count). The van der Waals surface area contributed by atoms with E-state index >= 15 is 0 Å². The molecule has 4 nitrogen and oxygen atoms in total. The lowest BCUT2D eigenvalue weighted by molar-refractivity contribution is 0.242. The lowest BCUT2D eigenvalue weighted by atomic mass is 10.2. The fourth-order valence-corrected chi connectivity index (χ4v) is 2.44. The Morgan fingerprint density at radius 2 is 1.48 bits per heavy atom. The zero-order valence-corrected chi connectivity index (χ0v) is 15.7. The first-order valence-corrected chi connectivity index (χ1v) is 9.00. The molecule has 0 unspecified atom stereocenters. The second kappa shape index (κ2) is 9.94. The SMILES string of the molecule is CC(C)Oc1ccc(CNCCNc2cccc(OC(C)C)c2)cc1. The van der Waals surface area contributed by atoms with Crippen LogP contribution < -0.4 is 20.1 Å². The van der Waals surface area contributed by atoms with Crippen molar-refractivity contribution in [2.45, 2.75) is 46.4 Å². The Morgan fingerprint density at radius 1 is 0.800 bits per heavy atom. The van der Waals surface area contributed by atoms with Crippen LogP contribution in [0.4, 0.5) is 5.69 Å². The van der Waals surface area contributed by atoms with Crippen LogP contribution in [0.15, 0.2) is 48.5 Å². The summed E-state index contributed by atoms with van der Waals surface area (Å²) in [5.74, 6) is 1.82. The van der Waals surface area contributed by atoms with Gasteiger partial charge in [0.1, 0.15) is 11.5 Å². The van der Waals surface area contributed by atoms with Crippen LogP contribution >= 0.6 is 0 Å². The average Bonchev–Trinajstić information content (AvgIpc) is 2.55. The van der Waals surface area contributed by atoms with Gasteiger partial charge in [-0.1, -0.05) is 18.2 Å². The van der Waals surface area contributed by atoms with Crippen molar-refractivity contribution in [1.82, 2.24) is 5.32 Å². The molecule has 0 fully saturated rings. The zero-order valence-electron chi connectivity index (χ0n) is 15.7. The molecule has 0 heterocycles. The van der Waals surface area contributed by atoms with E-state index in [1.165, 1.54) is 5.56 Å². The fraction of sp³-hybridized carbons (Fsp3) is 0.429. The number of anilines is 1. The second-order valence-electron chi connectivity index (χ2n) is 6.61. The molecule has 0 aromatic heterocycles. The number of benzene rings is 2. The van der Waals surface area contributed by atoms with Crippen LogP contribution in [0.1, 0.15) is 33.3 Å². The standard InChI is InChI=1S/C21H30N2O2/c1-16(2)24-20-10-8-18(9-11-20)15-22-12-13-23-19-6-5-7-21(14-19)25-17(3)4/h5-11,14,16-17,22-23H,12-13,15H2,1-4H3. The number of hydrogen-bond acceptors (Lipinski definition) is 4. The van der Waals surface area contributed by atoms with E-state index in [1.807, 2.05) is 58.0 Å². The highest BCUT2D eigenvalue weighted by molar-refractivity contribution is 5.48. The average molecular weight is 342 g/mol. The van der Waals surface area contributed by atoms with Crippen molar-refractivity contribution in [3.63, 3.8) is 0 Å². The summed E-state index contributed by atoms with van der Waals surface area (Å²) < 4.78 is 11.4. The summed E-state index contributed by atoms with van der Waals surface area (Å²) in [5.41, 5.74) is 2.33. The highest BCUT2D eigenvalue weighted by Gasteiger charge is 2.00. The van der Waals surface area contributed by atoms with Crippen molar-refractivity contribution in [3.05, 3.63) is 54.1 Å². The largest absolute Gasteiger partial charge is 0.491 e. The molecule has 2 aromatic rings. The Bertz CT molecular complexity index is 624. The Kier molecular flexibility index (Phi) is 7.61. The molecule has 0 atom stereocenters. The normalized spacial score (nSPS) is 11.0. The van der Waals surface area contributed by atoms with Gasteiger partial charge >= 0.3 is 0 Å². The monoisotopic (exact) mass is 342 g/mol. The van der Waals surface area contributed by atoms with Gasteiger partial charge < -0.3 is 20.1 Å². The minimum Gasteiger partial charge on any atom is -0.491 e. The van der Waals surface area contributed by atoms with Crippen LogP contribution in [-0.4, -0.2) is 25.3 Å². The summed E-state index contributed by atoms with van der Waals surface area (Å²) in [6, 6.07) is 16.3. The van der Waals surface area contributed by atoms with Crippen LogP contribution in [0.25, 0.3) is 0 Å². The molecule has 0 radical (unpaired) electrons. The van der Waals surface area contributed by atoms with Crippen LogP contribution in [0.3, 0.4) is 0 Å². The van der Waals surface area contributed by atoms with Crippen LogP contribution in [0.5, 0.6) is 11.5 Å². The van der Waals surface area contributed by atoms with Gasteiger partial charge in [0.2, 0.25) is 0 Å². The third kappa shape index (κ3) is 7.48. The number of nitrogens with one attached hydrogen (secondary N) is 2. The predicted molar refractivity (Wildman–Crippen MR) is 105 cm³/mol. The first-order chi connectivity index (χ1) is 12.0. The van der Waals surface area contributed by atoms with Gasteiger partial charge in [-0.25, -0.2) is 0 Å². The number of rotatable bonds is 10. The Morgan fingerprint density at radius 3 is 2.16 bits per heavy atom. The molecule has 0 amide bonds. The van der Waals surface area contributed by atoms with Crippen molar-refractivity contribution in [1.29, 1.82) is 0 Å². The van der Waals surface area contributed by atoms with E-state index in [0.29, 0.717) is 0 Å². The van der Waals surface area contributed by atoms with Gasteiger partial charge in [-0.2, -0.15) is 0 Å². The van der Waals surface area contributed by atoms with Crippen molar-refractivity contribution in [2.75, 3.05) is 18.4 Å². The summed E-state index contributed by atoms with van der Waals surface area (Å²) in [6.45, 7) is 10.7. The van der Waals surface area contributed by atoms with E-state index in [4.69, 9.17) is 9.47 Å². The zero-order chi connectivity index (χ0) is 18.1. The smallest absolute Gasteiger partial charge is 0.121 e. The van der Waals surface area contributed by atoms with Crippen LogP contribution in [0.2, 0.25) is 0 Å². The molecular formula is C21H30N2O2. The minimum atomic E-state index is 0.189. The van der Waals surface area contributed by atoms with Gasteiger partial charge in [0.05, 0.1) is 12.2 Å². The Hall–Kier alpha value is -2.20. The molecule has 0 aliphatic heterocycles. The van der Waals surface area contributed by atoms with Gasteiger partial charge in [0, 0.05) is 31.4 Å². The van der Waals surface area contributed by atoms with E-state index in [2.05, 4.69) is 28.8 Å². The van der Waals surface area contributed by atoms with E-state index in [-0.39, 0.29) is 12.2 Å². The van der Waals surface area contributed by atoms with E-state index in [1.54, 1.807) is 0 Å². The lowest BCUT2D eigenvalue weighted by Gasteiger charge is -2.12. The van der Waals surface area contributed by atoms with Gasteiger partial charge in [0.15, 0.2) is 0 Å². The maximum Gasteiger partial charge on any atom is 0.121 e. The lowest BCUT2D eigenvalue weighted by Crippen LogP contribution is -2.21.